The van der Waals surface area contributed by atoms with Gasteiger partial charge in [0.1, 0.15) is 17.9 Å². The minimum Gasteiger partial charge on any atom is -0.487 e. The lowest BCUT2D eigenvalue weighted by Crippen LogP contribution is -2.45. The number of nitrogens with zero attached hydrogens (tertiary/aromatic N) is 1. The highest BCUT2D eigenvalue weighted by Crippen LogP contribution is 2.39. The van der Waals surface area contributed by atoms with Gasteiger partial charge in [0.25, 0.3) is 0 Å². The number of nitrogens with one attached hydrogen (secondary N) is 1. The van der Waals surface area contributed by atoms with Crippen molar-refractivity contribution in [3.8, 4) is 5.75 Å². The lowest BCUT2D eigenvalue weighted by Gasteiger charge is -2.38. The Bertz CT molecular complexity index is 1040. The molecule has 29 heavy (non-hydrogen) atoms. The Kier molecular flexibility index (Phi) is 5.53. The summed E-state index contributed by atoms with van der Waals surface area (Å²) in [5.74, 6) is -2.23. The molecule has 2 aromatic carbocycles. The molecule has 1 amide bonds. The third kappa shape index (κ3) is 4.84. The normalized spacial score (nSPS) is 17.8. The molecule has 0 aromatic heterocycles. The molecule has 0 spiro atoms. The Morgan fingerprint density at radius 3 is 2.55 bits per heavy atom. The molecule has 1 atom stereocenters. The molecule has 0 aliphatic carbocycles. The van der Waals surface area contributed by atoms with E-state index < -0.39 is 39.7 Å². The van der Waals surface area contributed by atoms with Crippen LogP contribution in [0.5, 0.6) is 5.75 Å². The Hall–Kier alpha value is -2.68. The van der Waals surface area contributed by atoms with Gasteiger partial charge in [0, 0.05) is 18.1 Å². The summed E-state index contributed by atoms with van der Waals surface area (Å²) >= 11 is 0. The van der Waals surface area contributed by atoms with Crippen LogP contribution in [0, 0.1) is 11.6 Å². The molecule has 0 bridgehead atoms. The summed E-state index contributed by atoms with van der Waals surface area (Å²) in [6, 6.07) is 9.58. The van der Waals surface area contributed by atoms with Crippen LogP contribution in [0.4, 0.5) is 14.5 Å². The molecule has 0 fully saturated rings. The highest BCUT2D eigenvalue weighted by atomic mass is 32.2. The van der Waals surface area contributed by atoms with Gasteiger partial charge in [-0.15, -0.1) is 0 Å². The van der Waals surface area contributed by atoms with Crippen LogP contribution in [-0.2, 0) is 14.8 Å². The summed E-state index contributed by atoms with van der Waals surface area (Å²) in [6.07, 6.45) is 1.38. The number of ether oxygens (including phenoxy) is 1. The van der Waals surface area contributed by atoms with Crippen molar-refractivity contribution in [3.63, 3.8) is 0 Å². The van der Waals surface area contributed by atoms with E-state index in [1.54, 1.807) is 6.07 Å². The van der Waals surface area contributed by atoms with Gasteiger partial charge < -0.3 is 10.1 Å². The van der Waals surface area contributed by atoms with Gasteiger partial charge in [0.05, 0.1) is 18.0 Å². The maximum Gasteiger partial charge on any atom is 0.241 e. The molecule has 0 unspecified atom stereocenters. The van der Waals surface area contributed by atoms with Crippen molar-refractivity contribution in [1.29, 1.82) is 0 Å². The van der Waals surface area contributed by atoms with E-state index >= 15 is 0 Å². The Morgan fingerprint density at radius 2 is 1.90 bits per heavy atom. The molecule has 6 nitrogen and oxygen atoms in total. The van der Waals surface area contributed by atoms with Gasteiger partial charge in [-0.25, -0.2) is 17.2 Å². The van der Waals surface area contributed by atoms with Gasteiger partial charge >= 0.3 is 0 Å². The van der Waals surface area contributed by atoms with Crippen molar-refractivity contribution in [2.45, 2.75) is 31.9 Å². The van der Waals surface area contributed by atoms with Crippen LogP contribution in [0.15, 0.2) is 42.5 Å². The molecule has 1 aliphatic rings. The van der Waals surface area contributed by atoms with Crippen LogP contribution < -0.4 is 14.4 Å². The number of amides is 1. The summed E-state index contributed by atoms with van der Waals surface area (Å²) < 4.78 is 57.8. The zero-order chi connectivity index (χ0) is 21.4. The number of hydrogen-bond donors (Lipinski definition) is 1. The minimum atomic E-state index is -3.91. The molecule has 3 rings (SSSR count). The van der Waals surface area contributed by atoms with Crippen molar-refractivity contribution in [2.24, 2.45) is 0 Å². The molecule has 156 valence electrons. The molecule has 0 radical (unpaired) electrons. The van der Waals surface area contributed by atoms with Crippen LogP contribution in [-0.4, -0.2) is 32.7 Å². The maximum atomic E-state index is 13.6. The average molecular weight is 424 g/mol. The molecule has 9 heteroatoms. The second kappa shape index (κ2) is 7.62. The van der Waals surface area contributed by atoms with Gasteiger partial charge in [-0.2, -0.15) is 0 Å². The third-order valence-corrected chi connectivity index (χ3v) is 5.73. The molecule has 0 saturated carbocycles. The molecular formula is C20H22F2N2O4S. The van der Waals surface area contributed by atoms with Crippen LogP contribution in [0.3, 0.4) is 0 Å². The fourth-order valence-corrected chi connectivity index (χ4v) is 4.19. The molecule has 1 aliphatic heterocycles. The van der Waals surface area contributed by atoms with Crippen LogP contribution in [0.1, 0.15) is 31.9 Å². The highest BCUT2D eigenvalue weighted by Gasteiger charge is 2.35. The Balaban J connectivity index is 1.83. The molecule has 2 aromatic rings. The third-order valence-electron chi connectivity index (χ3n) is 4.59. The molecule has 1 heterocycles. The average Bonchev–Trinajstić information content (AvgIpc) is 2.60. The quantitative estimate of drug-likeness (QED) is 0.800. The van der Waals surface area contributed by atoms with Crippen LogP contribution in [0.25, 0.3) is 0 Å². The van der Waals surface area contributed by atoms with E-state index in [0.29, 0.717) is 12.2 Å². The largest absolute Gasteiger partial charge is 0.487 e. The van der Waals surface area contributed by atoms with Crippen LogP contribution in [0.2, 0.25) is 0 Å². The van der Waals surface area contributed by atoms with E-state index in [1.165, 1.54) is 0 Å². The smallest absolute Gasteiger partial charge is 0.241 e. The molecular weight excluding hydrogens is 402 g/mol. The number of sulfonamides is 1. The number of para-hydroxylation sites is 1. The van der Waals surface area contributed by atoms with Gasteiger partial charge in [-0.3, -0.25) is 9.10 Å². The SMILES string of the molecule is CC1(C)C[C@H](NC(=O)CN(c2ccc(F)c(F)c2)S(C)(=O)=O)c2ccccc2O1. The predicted molar refractivity (Wildman–Crippen MR) is 105 cm³/mol. The summed E-state index contributed by atoms with van der Waals surface area (Å²) in [5, 5.41) is 2.84. The number of carbonyl (C=O) groups is 1. The summed E-state index contributed by atoms with van der Waals surface area (Å²) in [7, 11) is -3.91. The van der Waals surface area contributed by atoms with Gasteiger partial charge in [0.15, 0.2) is 11.6 Å². The van der Waals surface area contributed by atoms with Crippen molar-refractivity contribution in [3.05, 3.63) is 59.7 Å². The lowest BCUT2D eigenvalue weighted by molar-refractivity contribution is -0.120. The highest BCUT2D eigenvalue weighted by molar-refractivity contribution is 7.92. The second-order valence-corrected chi connectivity index (χ2v) is 9.50. The van der Waals surface area contributed by atoms with E-state index in [0.717, 1.165) is 34.3 Å². The maximum absolute atomic E-state index is 13.6. The van der Waals surface area contributed by atoms with Crippen molar-refractivity contribution < 1.29 is 26.7 Å². The summed E-state index contributed by atoms with van der Waals surface area (Å²) in [5.41, 5.74) is 0.135. The zero-order valence-electron chi connectivity index (χ0n) is 16.3. The first-order valence-corrected chi connectivity index (χ1v) is 10.8. The predicted octanol–water partition coefficient (Wildman–Crippen LogP) is 3.15. The number of rotatable bonds is 5. The topological polar surface area (TPSA) is 75.7 Å². The van der Waals surface area contributed by atoms with Crippen molar-refractivity contribution >= 4 is 21.6 Å². The Labute approximate surface area is 168 Å². The fourth-order valence-electron chi connectivity index (χ4n) is 3.34. The summed E-state index contributed by atoms with van der Waals surface area (Å²) in [4.78, 5) is 12.7. The van der Waals surface area contributed by atoms with E-state index in [2.05, 4.69) is 5.32 Å². The summed E-state index contributed by atoms with van der Waals surface area (Å²) in [6.45, 7) is 3.22. The number of fused-ring (bicyclic) bond motifs is 1. The van der Waals surface area contributed by atoms with E-state index in [9.17, 15) is 22.0 Å². The second-order valence-electron chi connectivity index (χ2n) is 7.59. The lowest BCUT2D eigenvalue weighted by atomic mass is 9.89. The standard InChI is InChI=1S/C20H22F2N2O4S/c1-20(2)11-17(14-6-4-5-7-18(14)28-20)23-19(25)12-24(29(3,26)27)13-8-9-15(21)16(22)10-13/h4-10,17H,11-12H2,1-3H3,(H,23,25)/t17-/m0/s1. The number of hydrogen-bond acceptors (Lipinski definition) is 4. The fraction of sp³-hybridized carbons (Fsp3) is 0.350. The van der Waals surface area contributed by atoms with E-state index in [1.807, 2.05) is 32.0 Å². The minimum absolute atomic E-state index is 0.130. The van der Waals surface area contributed by atoms with Gasteiger partial charge in [-0.05, 0) is 32.0 Å². The number of carbonyl (C=O) groups excluding carboxylic acids is 1. The number of benzene rings is 2. The Morgan fingerprint density at radius 1 is 1.21 bits per heavy atom. The van der Waals surface area contributed by atoms with Gasteiger partial charge in [-0.1, -0.05) is 18.2 Å². The first-order chi connectivity index (χ1) is 13.5. The van der Waals surface area contributed by atoms with Crippen molar-refractivity contribution in [1.82, 2.24) is 5.32 Å². The van der Waals surface area contributed by atoms with Crippen molar-refractivity contribution in [2.75, 3.05) is 17.1 Å². The van der Waals surface area contributed by atoms with E-state index in [-0.39, 0.29) is 11.7 Å². The first kappa shape index (κ1) is 21.0. The number of anilines is 1. The molecule has 0 saturated heterocycles. The van der Waals surface area contributed by atoms with Gasteiger partial charge in [0.2, 0.25) is 15.9 Å². The first-order valence-electron chi connectivity index (χ1n) is 8.96. The molecule has 1 N–H and O–H groups in total. The van der Waals surface area contributed by atoms with E-state index in [4.69, 9.17) is 4.74 Å². The zero-order valence-corrected chi connectivity index (χ0v) is 17.1. The number of halogens is 2. The monoisotopic (exact) mass is 424 g/mol. The van der Waals surface area contributed by atoms with Crippen LogP contribution >= 0.6 is 0 Å².